The van der Waals surface area contributed by atoms with Gasteiger partial charge in [-0.15, -0.1) is 0 Å². The van der Waals surface area contributed by atoms with Gasteiger partial charge in [0.05, 0.1) is 0 Å². The Kier molecular flexibility index (Phi) is 2.72. The van der Waals surface area contributed by atoms with E-state index in [0.29, 0.717) is 0 Å². The molecule has 0 N–H and O–H groups in total. The third kappa shape index (κ3) is 3.03. The van der Waals surface area contributed by atoms with Gasteiger partial charge in [-0.05, 0) is 0 Å². The van der Waals surface area contributed by atoms with Crippen LogP contribution in [-0.2, 0) is 0 Å². The van der Waals surface area contributed by atoms with Gasteiger partial charge in [-0.25, -0.2) is 0 Å². The van der Waals surface area contributed by atoms with Gasteiger partial charge in [0.15, 0.2) is 0 Å². The maximum absolute atomic E-state index is 3.97. The molecule has 11 heavy (non-hydrogen) atoms. The van der Waals surface area contributed by atoms with Crippen LogP contribution in [-0.4, -0.2) is 25.7 Å². The van der Waals surface area contributed by atoms with Crippen molar-refractivity contribution in [2.75, 3.05) is 20.0 Å². The fourth-order valence-corrected chi connectivity index (χ4v) is 5.29. The topological polar surface area (TPSA) is 0 Å². The molecule has 0 bridgehead atoms. The molecule has 0 atom stereocenters. The Morgan fingerprint density at radius 3 is 1.73 bits per heavy atom. The van der Waals surface area contributed by atoms with Gasteiger partial charge < -0.3 is 0 Å². The third-order valence-electron chi connectivity index (χ3n) is 2.81. The summed E-state index contributed by atoms with van der Waals surface area (Å²) in [5, 5.41) is -1.40. The Labute approximate surface area is 78.8 Å². The molecule has 0 spiro atoms. The van der Waals surface area contributed by atoms with Crippen LogP contribution < -0.4 is 0 Å². The summed E-state index contributed by atoms with van der Waals surface area (Å²) in [5.74, 6) is 0. The minimum absolute atomic E-state index is 0.995. The predicted molar refractivity (Wildman–Crippen MR) is 60.5 cm³/mol. The molecule has 0 amide bonds. The summed E-state index contributed by atoms with van der Waals surface area (Å²) < 4.78 is 0. The first-order valence-corrected chi connectivity index (χ1v) is 10.3. The van der Waals surface area contributed by atoms with Gasteiger partial charge in [-0.1, -0.05) is 0 Å². The van der Waals surface area contributed by atoms with E-state index in [-0.39, 0.29) is 0 Å². The third-order valence-corrected chi connectivity index (χ3v) is 7.53. The fourth-order valence-electron chi connectivity index (χ4n) is 1.95. The summed E-state index contributed by atoms with van der Waals surface area (Å²) in [6.07, 6.45) is 7.32. The predicted octanol–water partition coefficient (Wildman–Crippen LogP) is 4.07. The second-order valence-corrected chi connectivity index (χ2v) is 18.8. The Bertz CT molecular complexity index is 130. The minimum atomic E-state index is -1.40. The molecule has 0 aromatic carbocycles. The van der Waals surface area contributed by atoms with Gasteiger partial charge in [-0.2, -0.15) is 0 Å². The quantitative estimate of drug-likeness (QED) is 0.605. The van der Waals surface area contributed by atoms with Crippen LogP contribution in [0.3, 0.4) is 0 Å². The Hall–Kier alpha value is 0.910. The van der Waals surface area contributed by atoms with Gasteiger partial charge in [0.25, 0.3) is 0 Å². The van der Waals surface area contributed by atoms with Crippen molar-refractivity contribution in [3.8, 4) is 0 Å². The van der Waals surface area contributed by atoms with Crippen LogP contribution in [0.2, 0.25) is 0 Å². The van der Waals surface area contributed by atoms with Gasteiger partial charge in [-0.3, -0.25) is 0 Å². The average molecular weight is 239 g/mol. The number of hydrogen-bond donors (Lipinski definition) is 0. The first-order chi connectivity index (χ1) is 4.86. The molecule has 0 unspecified atom stereocenters. The molecule has 0 radical (unpaired) electrons. The van der Waals surface area contributed by atoms with E-state index in [1.807, 2.05) is 0 Å². The average Bonchev–Trinajstić information content (AvgIpc) is 1.86. The summed E-state index contributed by atoms with van der Waals surface area (Å²) >= 11 is 3.97. The van der Waals surface area contributed by atoms with Gasteiger partial charge in [0.2, 0.25) is 0 Å². The first-order valence-electron chi connectivity index (χ1n) is 4.59. The first kappa shape index (κ1) is 9.99. The number of hydrogen-bond acceptors (Lipinski definition) is 0. The second-order valence-electron chi connectivity index (χ2n) is 5.01. The zero-order valence-electron chi connectivity index (χ0n) is 7.94. The van der Waals surface area contributed by atoms with Crippen molar-refractivity contribution in [1.29, 1.82) is 0 Å². The summed E-state index contributed by atoms with van der Waals surface area (Å²) in [6, 6.07) is 0. The summed E-state index contributed by atoms with van der Waals surface area (Å²) in [6.45, 7) is 7.34. The van der Waals surface area contributed by atoms with Crippen LogP contribution >= 0.6 is 20.8 Å². The Morgan fingerprint density at radius 2 is 1.45 bits per heavy atom. The molecule has 1 aliphatic carbocycles. The molecular weight excluding hydrogens is 219 g/mol. The van der Waals surface area contributed by atoms with E-state index < -0.39 is 5.31 Å². The molecule has 1 rings (SSSR count). The van der Waals surface area contributed by atoms with E-state index in [4.69, 9.17) is 0 Å². The van der Waals surface area contributed by atoms with E-state index in [9.17, 15) is 0 Å². The van der Waals surface area contributed by atoms with Crippen molar-refractivity contribution < 1.29 is 0 Å². The second kappa shape index (κ2) is 3.00. The Balaban J connectivity index is 2.59. The molecular formula is C9H20BrP. The molecule has 0 aromatic heterocycles. The molecule has 0 nitrogen and oxygen atoms in total. The van der Waals surface area contributed by atoms with E-state index in [1.165, 1.54) is 32.1 Å². The molecule has 0 saturated heterocycles. The van der Waals surface area contributed by atoms with Crippen LogP contribution in [0, 0.1) is 0 Å². The number of halogens is 1. The summed E-state index contributed by atoms with van der Waals surface area (Å²) in [4.78, 5) is 0. The van der Waals surface area contributed by atoms with Crippen LogP contribution in [0.4, 0.5) is 0 Å². The van der Waals surface area contributed by atoms with Crippen LogP contribution in [0.15, 0.2) is 0 Å². The molecule has 1 fully saturated rings. The van der Waals surface area contributed by atoms with E-state index in [1.54, 1.807) is 0 Å². The van der Waals surface area contributed by atoms with E-state index in [2.05, 4.69) is 35.5 Å². The molecule has 1 saturated carbocycles. The molecule has 0 aromatic rings. The summed E-state index contributed by atoms with van der Waals surface area (Å²) in [5.41, 5.74) is 0.995. The molecule has 68 valence electrons. The maximum atomic E-state index is 3.97. The van der Waals surface area contributed by atoms with Crippen molar-refractivity contribution >= 4 is 20.8 Å². The van der Waals surface area contributed by atoms with Gasteiger partial charge in [0.1, 0.15) is 0 Å². The molecule has 0 aliphatic heterocycles. The van der Waals surface area contributed by atoms with Crippen LogP contribution in [0.5, 0.6) is 0 Å². The van der Waals surface area contributed by atoms with Crippen molar-refractivity contribution in [1.82, 2.24) is 0 Å². The monoisotopic (exact) mass is 238 g/mol. The molecule has 2 heteroatoms. The van der Waals surface area contributed by atoms with E-state index >= 15 is 0 Å². The van der Waals surface area contributed by atoms with Gasteiger partial charge >= 0.3 is 78.6 Å². The standard InChI is InChI=1S/C9H20BrP/c1-11(2,3,10)9-7-5-4-6-8-9/h9H,4-8H2,1-3H3. The molecule has 0 heterocycles. The van der Waals surface area contributed by atoms with Gasteiger partial charge in [0, 0.05) is 0 Å². The number of rotatable bonds is 1. The zero-order valence-corrected chi connectivity index (χ0v) is 10.4. The fraction of sp³-hybridized carbons (Fsp3) is 1.00. The van der Waals surface area contributed by atoms with Crippen LogP contribution in [0.1, 0.15) is 32.1 Å². The van der Waals surface area contributed by atoms with Crippen molar-refractivity contribution in [2.45, 2.75) is 37.8 Å². The Morgan fingerprint density at radius 1 is 1.00 bits per heavy atom. The van der Waals surface area contributed by atoms with Crippen molar-refractivity contribution in [3.63, 3.8) is 0 Å². The van der Waals surface area contributed by atoms with Crippen molar-refractivity contribution in [2.24, 2.45) is 0 Å². The zero-order chi connectivity index (χ0) is 8.56. The SMILES string of the molecule is CP(C)(C)(Br)C1CCCCC1. The molecule has 1 aliphatic rings. The van der Waals surface area contributed by atoms with Crippen molar-refractivity contribution in [3.05, 3.63) is 0 Å². The van der Waals surface area contributed by atoms with Crippen LogP contribution in [0.25, 0.3) is 0 Å². The summed E-state index contributed by atoms with van der Waals surface area (Å²) in [7, 11) is 0. The van der Waals surface area contributed by atoms with E-state index in [0.717, 1.165) is 5.66 Å². The normalized spacial score (nSPS) is 26.0.